The largest absolute Gasteiger partial charge is 0.490 e. The van der Waals surface area contributed by atoms with Crippen molar-refractivity contribution < 1.29 is 9.47 Å². The van der Waals surface area contributed by atoms with Gasteiger partial charge in [0.15, 0.2) is 11.5 Å². The first-order valence-corrected chi connectivity index (χ1v) is 11.0. The molecule has 1 aromatic heterocycles. The van der Waals surface area contributed by atoms with Crippen molar-refractivity contribution in [1.82, 2.24) is 4.98 Å². The van der Waals surface area contributed by atoms with Crippen LogP contribution in [-0.2, 0) is 0 Å². The summed E-state index contributed by atoms with van der Waals surface area (Å²) in [6.07, 6.45) is 6.00. The first kappa shape index (κ1) is 20.4. The highest BCUT2D eigenvalue weighted by molar-refractivity contribution is 9.10. The molecule has 0 radical (unpaired) electrons. The lowest BCUT2D eigenvalue weighted by Crippen LogP contribution is -2.16. The third-order valence-corrected chi connectivity index (χ3v) is 5.24. The smallest absolute Gasteiger partial charge is 0.230 e. The molecule has 0 atom stereocenters. The van der Waals surface area contributed by atoms with Crippen LogP contribution in [0.1, 0.15) is 31.2 Å². The van der Waals surface area contributed by atoms with Crippen molar-refractivity contribution in [1.29, 1.82) is 0 Å². The molecule has 2 heterocycles. The Hall–Kier alpha value is -2.86. The number of pyridine rings is 1. The number of fused-ring (bicyclic) bond motifs is 2. The van der Waals surface area contributed by atoms with Crippen molar-refractivity contribution in [3.8, 4) is 17.4 Å². The molecule has 4 rings (SSSR count). The zero-order valence-electron chi connectivity index (χ0n) is 16.7. The van der Waals surface area contributed by atoms with E-state index in [0.29, 0.717) is 18.2 Å². The second-order valence-electron chi connectivity index (χ2n) is 7.03. The maximum Gasteiger partial charge on any atom is 0.230 e. The van der Waals surface area contributed by atoms with Crippen molar-refractivity contribution in [2.45, 2.75) is 25.7 Å². The van der Waals surface area contributed by atoms with Crippen molar-refractivity contribution in [3.05, 3.63) is 76.9 Å². The Morgan fingerprint density at radius 1 is 0.867 bits per heavy atom. The van der Waals surface area contributed by atoms with Crippen LogP contribution in [0.3, 0.4) is 0 Å². The quantitative estimate of drug-likeness (QED) is 0.448. The molecule has 0 saturated heterocycles. The minimum Gasteiger partial charge on any atom is -0.490 e. The van der Waals surface area contributed by atoms with Crippen LogP contribution >= 0.6 is 15.9 Å². The summed E-state index contributed by atoms with van der Waals surface area (Å²) in [5.41, 5.74) is 1.76. The molecule has 0 amide bonds. The number of hydrogen-bond acceptors (Lipinski definition) is 5. The van der Waals surface area contributed by atoms with Gasteiger partial charge in [0.2, 0.25) is 5.88 Å². The van der Waals surface area contributed by atoms with E-state index in [-0.39, 0.29) is 0 Å². The summed E-state index contributed by atoms with van der Waals surface area (Å²) in [6.45, 7) is 1.41. The first-order valence-electron chi connectivity index (χ1n) is 10.2. The minimum atomic E-state index is 0.492. The van der Waals surface area contributed by atoms with Crippen LogP contribution in [0.15, 0.2) is 76.3 Å². The van der Waals surface area contributed by atoms with E-state index in [2.05, 4.69) is 26.2 Å². The molecule has 0 spiro atoms. The van der Waals surface area contributed by atoms with Crippen LogP contribution in [0.25, 0.3) is 0 Å². The number of hydrogen-bond donors (Lipinski definition) is 1. The number of amidine groups is 1. The van der Waals surface area contributed by atoms with Crippen molar-refractivity contribution in [2.75, 3.05) is 18.5 Å². The Balaban J connectivity index is 1.72. The second-order valence-corrected chi connectivity index (χ2v) is 7.95. The van der Waals surface area contributed by atoms with Crippen LogP contribution in [0.5, 0.6) is 17.4 Å². The Labute approximate surface area is 185 Å². The Morgan fingerprint density at radius 3 is 2.63 bits per heavy atom. The number of nitrogens with zero attached hydrogens (tertiary/aromatic N) is 2. The average molecular weight is 466 g/mol. The van der Waals surface area contributed by atoms with E-state index >= 15 is 0 Å². The van der Waals surface area contributed by atoms with Crippen LogP contribution in [0.2, 0.25) is 0 Å². The van der Waals surface area contributed by atoms with Gasteiger partial charge in [-0.2, -0.15) is 0 Å². The number of anilines is 1. The summed E-state index contributed by atoms with van der Waals surface area (Å²) < 4.78 is 13.2. The Morgan fingerprint density at radius 2 is 1.73 bits per heavy atom. The molecule has 5 nitrogen and oxygen atoms in total. The number of aliphatic imine (C=N–C) groups is 1. The monoisotopic (exact) mass is 465 g/mol. The summed E-state index contributed by atoms with van der Waals surface area (Å²) >= 11 is 3.53. The zero-order valence-corrected chi connectivity index (χ0v) is 18.3. The summed E-state index contributed by atoms with van der Waals surface area (Å²) in [4.78, 5) is 9.36. The van der Waals surface area contributed by atoms with Gasteiger partial charge in [0, 0.05) is 22.9 Å². The molecule has 3 aromatic rings. The molecule has 0 saturated carbocycles. The van der Waals surface area contributed by atoms with E-state index in [0.717, 1.165) is 59.5 Å². The molecule has 1 aliphatic heterocycles. The molecule has 30 heavy (non-hydrogen) atoms. The van der Waals surface area contributed by atoms with E-state index in [4.69, 9.17) is 14.5 Å². The summed E-state index contributed by atoms with van der Waals surface area (Å²) in [6, 6.07) is 19.6. The number of aromatic nitrogens is 1. The fraction of sp³-hybridized carbons (Fsp3) is 0.250. The van der Waals surface area contributed by atoms with Gasteiger partial charge in [0.25, 0.3) is 0 Å². The van der Waals surface area contributed by atoms with Crippen LogP contribution in [0.4, 0.5) is 5.69 Å². The number of halogens is 1. The van der Waals surface area contributed by atoms with Gasteiger partial charge in [0.1, 0.15) is 5.84 Å². The molecule has 0 bridgehead atoms. The zero-order chi connectivity index (χ0) is 20.6. The highest BCUT2D eigenvalue weighted by atomic mass is 79.9. The van der Waals surface area contributed by atoms with Crippen LogP contribution in [-0.4, -0.2) is 24.0 Å². The van der Waals surface area contributed by atoms with Gasteiger partial charge in [0.05, 0.1) is 12.2 Å². The standard InChI is InChI=1S/C24H24BrN3O2/c25-18-9-7-10-19(17-18)28-23-20-11-8-15-27-24(20)30-22-13-4-3-12-21(22)29-16-6-2-1-5-14-26-23/h3-4,7-13,15,17H,1-2,5-6,14,16H2,(H,26,28). The van der Waals surface area contributed by atoms with Gasteiger partial charge in [-0.3, -0.25) is 4.99 Å². The lowest BCUT2D eigenvalue weighted by atomic mass is 10.2. The normalized spacial score (nSPS) is 14.8. The van der Waals surface area contributed by atoms with E-state index in [1.807, 2.05) is 60.7 Å². The molecule has 0 unspecified atom stereocenters. The summed E-state index contributed by atoms with van der Waals surface area (Å²) in [5.74, 6) is 2.61. The van der Waals surface area contributed by atoms with E-state index in [1.165, 1.54) is 0 Å². The third kappa shape index (κ3) is 5.39. The van der Waals surface area contributed by atoms with Gasteiger partial charge in [-0.25, -0.2) is 4.98 Å². The predicted octanol–water partition coefficient (Wildman–Crippen LogP) is 6.45. The van der Waals surface area contributed by atoms with E-state index in [9.17, 15) is 0 Å². The van der Waals surface area contributed by atoms with Gasteiger partial charge in [-0.05, 0) is 61.7 Å². The number of rotatable bonds is 1. The minimum absolute atomic E-state index is 0.492. The van der Waals surface area contributed by atoms with E-state index < -0.39 is 0 Å². The molecule has 2 aromatic carbocycles. The van der Waals surface area contributed by atoms with Gasteiger partial charge >= 0.3 is 0 Å². The summed E-state index contributed by atoms with van der Waals surface area (Å²) in [7, 11) is 0. The molecule has 0 aliphatic carbocycles. The van der Waals surface area contributed by atoms with Crippen molar-refractivity contribution >= 4 is 27.5 Å². The fourth-order valence-electron chi connectivity index (χ4n) is 3.25. The van der Waals surface area contributed by atoms with E-state index in [1.54, 1.807) is 6.20 Å². The predicted molar refractivity (Wildman–Crippen MR) is 124 cm³/mol. The maximum absolute atomic E-state index is 6.21. The lowest BCUT2D eigenvalue weighted by Gasteiger charge is -2.17. The third-order valence-electron chi connectivity index (χ3n) is 4.75. The lowest BCUT2D eigenvalue weighted by molar-refractivity contribution is 0.290. The molecule has 1 aliphatic rings. The van der Waals surface area contributed by atoms with Crippen LogP contribution in [0, 0.1) is 0 Å². The number of benzene rings is 2. The maximum atomic E-state index is 6.21. The molecule has 1 N–H and O–H groups in total. The number of para-hydroxylation sites is 2. The molecular weight excluding hydrogens is 442 g/mol. The highest BCUT2D eigenvalue weighted by Gasteiger charge is 2.15. The summed E-state index contributed by atoms with van der Waals surface area (Å²) in [5, 5.41) is 3.45. The van der Waals surface area contributed by atoms with Gasteiger partial charge in [-0.1, -0.05) is 40.5 Å². The molecule has 0 fully saturated rings. The first-order chi connectivity index (χ1) is 14.8. The number of nitrogens with one attached hydrogen (secondary N) is 1. The molecule has 154 valence electrons. The Kier molecular flexibility index (Phi) is 6.98. The Bertz CT molecular complexity index is 1020. The van der Waals surface area contributed by atoms with Crippen LogP contribution < -0.4 is 14.8 Å². The van der Waals surface area contributed by atoms with Crippen molar-refractivity contribution in [3.63, 3.8) is 0 Å². The molecular formula is C24H24BrN3O2. The number of ether oxygens (including phenoxy) is 2. The van der Waals surface area contributed by atoms with Gasteiger partial charge in [-0.15, -0.1) is 0 Å². The fourth-order valence-corrected chi connectivity index (χ4v) is 3.64. The van der Waals surface area contributed by atoms with Gasteiger partial charge < -0.3 is 14.8 Å². The topological polar surface area (TPSA) is 55.7 Å². The molecule has 6 heteroatoms. The highest BCUT2D eigenvalue weighted by Crippen LogP contribution is 2.32. The SMILES string of the molecule is Brc1cccc(NC2=NCCCCCCOc3ccccc3Oc3ncccc32)c1. The second kappa shape index (κ2) is 10.3. The van der Waals surface area contributed by atoms with Crippen molar-refractivity contribution in [2.24, 2.45) is 4.99 Å². The average Bonchev–Trinajstić information content (AvgIpc) is 2.76.